The van der Waals surface area contributed by atoms with E-state index in [1.165, 1.54) is 75.5 Å². The second kappa shape index (κ2) is 45.1. The SMILES string of the molecule is CC1CCCCCCCC(SCC(=O)NCCOCCOCC(=O)NC(CCC(=O)NCCOCCOCC(=O)N[C@H](CCC(=O)O)C(=O)N(CCNC(=O)CI)CCNC(=O)CI)C(=O)O)CCCCCC1. The number of carboxylic acid groups (broad SMARTS) is 2. The Morgan fingerprint density at radius 3 is 1.47 bits per heavy atom. The maximum Gasteiger partial charge on any atom is 0.326 e. The largest absolute Gasteiger partial charge is 0.481 e. The fourth-order valence-electron chi connectivity index (χ4n) is 7.53. The second-order valence-corrected chi connectivity index (χ2v) is 20.6. The van der Waals surface area contributed by atoms with Gasteiger partial charge in [0.25, 0.3) is 0 Å². The highest BCUT2D eigenvalue weighted by atomic mass is 127. The summed E-state index contributed by atoms with van der Waals surface area (Å²) in [5.41, 5.74) is 0. The molecule has 0 radical (unpaired) electrons. The van der Waals surface area contributed by atoms with Crippen LogP contribution in [-0.2, 0) is 62.1 Å². The third-order valence-corrected chi connectivity index (χ3v) is 14.3. The number of ether oxygens (including phenoxy) is 4. The van der Waals surface area contributed by atoms with Crippen LogP contribution < -0.4 is 31.9 Å². The van der Waals surface area contributed by atoms with Crippen LogP contribution in [0.5, 0.6) is 0 Å². The topological polar surface area (TPSA) is 306 Å². The molecule has 0 saturated heterocycles. The van der Waals surface area contributed by atoms with E-state index in [4.69, 9.17) is 18.9 Å². The molecule has 22 nitrogen and oxygen atoms in total. The highest BCUT2D eigenvalue weighted by molar-refractivity contribution is 14.1. The minimum absolute atomic E-state index is 0.0151. The van der Waals surface area contributed by atoms with E-state index in [2.05, 4.69) is 38.8 Å². The predicted molar refractivity (Wildman–Crippen MR) is 293 cm³/mol. The zero-order chi connectivity index (χ0) is 53.9. The lowest BCUT2D eigenvalue weighted by atomic mass is 9.96. The normalized spacial score (nSPS) is 16.5. The van der Waals surface area contributed by atoms with Gasteiger partial charge in [-0.15, -0.1) is 11.8 Å². The number of halogens is 2. The fourth-order valence-corrected chi connectivity index (χ4v) is 9.23. The predicted octanol–water partition coefficient (Wildman–Crippen LogP) is 2.74. The third-order valence-electron chi connectivity index (χ3n) is 11.5. The zero-order valence-electron chi connectivity index (χ0n) is 42.7. The maximum atomic E-state index is 13.5. The summed E-state index contributed by atoms with van der Waals surface area (Å²) in [5, 5.41) is 35.0. The molecular formula is C48H83I2N7O15S. The van der Waals surface area contributed by atoms with Crippen LogP contribution in [0.1, 0.15) is 116 Å². The Labute approximate surface area is 462 Å². The number of amides is 7. The molecule has 8 N–H and O–H groups in total. The van der Waals surface area contributed by atoms with Crippen LogP contribution in [0, 0.1) is 5.92 Å². The molecule has 25 heteroatoms. The lowest BCUT2D eigenvalue weighted by Gasteiger charge is -2.28. The summed E-state index contributed by atoms with van der Waals surface area (Å²) in [6.45, 7) is 2.83. The van der Waals surface area contributed by atoms with Crippen molar-refractivity contribution in [2.45, 2.75) is 133 Å². The third kappa shape index (κ3) is 39.0. The van der Waals surface area contributed by atoms with Crippen LogP contribution in [0.15, 0.2) is 0 Å². The first kappa shape index (κ1) is 67.9. The summed E-state index contributed by atoms with van der Waals surface area (Å²) in [6, 6.07) is -2.55. The summed E-state index contributed by atoms with van der Waals surface area (Å²) < 4.78 is 22.0. The minimum atomic E-state index is -1.33. The Morgan fingerprint density at radius 2 is 0.973 bits per heavy atom. The minimum Gasteiger partial charge on any atom is -0.481 e. The van der Waals surface area contributed by atoms with Crippen molar-refractivity contribution in [2.24, 2.45) is 5.92 Å². The van der Waals surface area contributed by atoms with Gasteiger partial charge in [-0.25, -0.2) is 4.79 Å². The van der Waals surface area contributed by atoms with Crippen molar-refractivity contribution in [3.05, 3.63) is 0 Å². The molecule has 0 bridgehead atoms. The van der Waals surface area contributed by atoms with Gasteiger partial charge in [0.05, 0.1) is 54.2 Å². The Morgan fingerprint density at radius 1 is 0.534 bits per heavy atom. The number of hydrogen-bond acceptors (Lipinski definition) is 14. The standard InChI is InChI=1S/C48H83I2N7O15S/c1-36-11-7-3-2-4-9-13-37(14-10-6-5-8-12-36)73-35-45(63)54-22-26-70-28-30-72-34-44(62)56-39(48(67)68)15-17-40(58)53-21-25-69-27-29-71-33-43(61)55-38(16-18-46(64)65)47(66)57(23-19-51-41(59)31-49)24-20-52-42(60)32-50/h36-39H,2-35H2,1H3,(H,51,59)(H,52,60)(H,53,58)(H,54,63)(H,55,61)(H,56,62)(H,64,65)(H,67,68)/t36?,37?,38-,39?/m1/s1. The zero-order valence-corrected chi connectivity index (χ0v) is 47.8. The van der Waals surface area contributed by atoms with Crippen molar-refractivity contribution in [3.63, 3.8) is 0 Å². The second-order valence-electron chi connectivity index (χ2n) is 17.7. The van der Waals surface area contributed by atoms with E-state index in [0.717, 1.165) is 18.8 Å². The number of nitrogens with zero attached hydrogens (tertiary/aromatic N) is 1. The molecule has 1 aliphatic carbocycles. The van der Waals surface area contributed by atoms with E-state index in [1.54, 1.807) is 11.8 Å². The number of carboxylic acids is 2. The molecule has 73 heavy (non-hydrogen) atoms. The molecule has 0 aromatic heterocycles. The molecule has 0 aliphatic heterocycles. The highest BCUT2D eigenvalue weighted by Crippen LogP contribution is 2.26. The van der Waals surface area contributed by atoms with Crippen LogP contribution >= 0.6 is 56.9 Å². The Hall–Kier alpha value is -3.12. The summed E-state index contributed by atoms with van der Waals surface area (Å²) in [7, 11) is 0. The van der Waals surface area contributed by atoms with E-state index >= 15 is 0 Å². The van der Waals surface area contributed by atoms with Crippen molar-refractivity contribution < 1.29 is 72.3 Å². The number of carbonyl (C=O) groups excluding carboxylic acids is 7. The Bertz CT molecular complexity index is 1600. The molecule has 4 atom stereocenters. The highest BCUT2D eigenvalue weighted by Gasteiger charge is 2.27. The number of aliphatic carboxylic acids is 2. The first-order valence-corrected chi connectivity index (χ1v) is 29.7. The van der Waals surface area contributed by atoms with Crippen molar-refractivity contribution in [1.29, 1.82) is 0 Å². The molecule has 420 valence electrons. The molecule has 0 aromatic rings. The number of rotatable bonds is 37. The number of hydrogen-bond donors (Lipinski definition) is 8. The van der Waals surface area contributed by atoms with E-state index in [9.17, 15) is 53.4 Å². The fraction of sp³-hybridized carbons (Fsp3) is 0.812. The van der Waals surface area contributed by atoms with Gasteiger partial charge in [0.15, 0.2) is 0 Å². The van der Waals surface area contributed by atoms with E-state index < -0.39 is 67.3 Å². The first-order chi connectivity index (χ1) is 35.1. The molecule has 1 saturated carbocycles. The van der Waals surface area contributed by atoms with E-state index in [-0.39, 0.29) is 118 Å². The number of thioether (sulfide) groups is 1. The molecule has 3 unspecified atom stereocenters. The molecule has 0 heterocycles. The van der Waals surface area contributed by atoms with Crippen molar-refractivity contribution in [1.82, 2.24) is 36.8 Å². The number of carbonyl (C=O) groups is 9. The monoisotopic (exact) mass is 1280 g/mol. The first-order valence-electron chi connectivity index (χ1n) is 25.6. The van der Waals surface area contributed by atoms with E-state index in [0.29, 0.717) is 17.5 Å². The van der Waals surface area contributed by atoms with Crippen molar-refractivity contribution in [3.8, 4) is 0 Å². The number of nitrogens with one attached hydrogen (secondary N) is 6. The van der Waals surface area contributed by atoms with Crippen LogP contribution in [0.4, 0.5) is 0 Å². The summed E-state index contributed by atoms with van der Waals surface area (Å²) >= 11 is 5.54. The van der Waals surface area contributed by atoms with Gasteiger partial charge in [-0.2, -0.15) is 0 Å². The van der Waals surface area contributed by atoms with Crippen LogP contribution in [0.25, 0.3) is 0 Å². The Balaban J connectivity index is 2.27. The lowest BCUT2D eigenvalue weighted by Crippen LogP contribution is -2.52. The van der Waals surface area contributed by atoms with Crippen molar-refractivity contribution >= 4 is 110 Å². The average Bonchev–Trinajstić information content (AvgIpc) is 3.37. The summed E-state index contributed by atoms with van der Waals surface area (Å²) in [4.78, 5) is 111. The summed E-state index contributed by atoms with van der Waals surface area (Å²) in [6.07, 6.45) is 15.5. The lowest BCUT2D eigenvalue weighted by molar-refractivity contribution is -0.143. The smallest absolute Gasteiger partial charge is 0.326 e. The number of alkyl halides is 2. The van der Waals surface area contributed by atoms with Gasteiger partial charge in [-0.05, 0) is 31.6 Å². The molecule has 7 amide bonds. The quantitative estimate of drug-likeness (QED) is 0.0252. The van der Waals surface area contributed by atoms with E-state index in [1.807, 2.05) is 45.2 Å². The van der Waals surface area contributed by atoms with Gasteiger partial charge in [-0.1, -0.05) is 123 Å². The van der Waals surface area contributed by atoms with Crippen LogP contribution in [0.2, 0.25) is 0 Å². The average molecular weight is 1280 g/mol. The van der Waals surface area contributed by atoms with Gasteiger partial charge >= 0.3 is 11.9 Å². The van der Waals surface area contributed by atoms with Gasteiger partial charge in [0.1, 0.15) is 25.3 Å². The Kier molecular flexibility index (Phi) is 42.0. The van der Waals surface area contributed by atoms with Gasteiger partial charge in [0.2, 0.25) is 41.4 Å². The van der Waals surface area contributed by atoms with Gasteiger partial charge in [0, 0.05) is 57.4 Å². The molecule has 1 aliphatic rings. The summed E-state index contributed by atoms with van der Waals surface area (Å²) in [5.74, 6) is -4.15. The maximum absolute atomic E-state index is 13.5. The molecular weight excluding hydrogens is 1200 g/mol. The van der Waals surface area contributed by atoms with Crippen molar-refractivity contribution in [2.75, 3.05) is 107 Å². The molecule has 1 fully saturated rings. The van der Waals surface area contributed by atoms with Crippen LogP contribution in [-0.4, -0.2) is 192 Å². The molecule has 0 aromatic carbocycles. The van der Waals surface area contributed by atoms with Crippen LogP contribution in [0.3, 0.4) is 0 Å². The molecule has 0 spiro atoms. The molecule has 1 rings (SSSR count). The van der Waals surface area contributed by atoms with Gasteiger partial charge < -0.3 is 66.0 Å². The van der Waals surface area contributed by atoms with Gasteiger partial charge in [-0.3, -0.25) is 38.4 Å².